The average Bonchev–Trinajstić information content (AvgIpc) is 3.31. The highest BCUT2D eigenvalue weighted by Gasteiger charge is 2.44. The molecule has 6 heteroatoms. The maximum Gasteiger partial charge on any atom is 0.0701 e. The van der Waals surface area contributed by atoms with Crippen LogP contribution in [0.4, 0.5) is 0 Å². The summed E-state index contributed by atoms with van der Waals surface area (Å²) in [5.41, 5.74) is 14.2. The largest absolute Gasteiger partial charge is 0.382 e. The number of hydrogen-bond acceptors (Lipinski definition) is 6. The lowest BCUT2D eigenvalue weighted by Gasteiger charge is -2.32. The zero-order valence-electron chi connectivity index (χ0n) is 28.9. The van der Waals surface area contributed by atoms with E-state index in [9.17, 15) is 0 Å². The Kier molecular flexibility index (Phi) is 12.4. The van der Waals surface area contributed by atoms with Crippen molar-refractivity contribution in [2.24, 2.45) is 0 Å². The zero-order chi connectivity index (χ0) is 33.2. The summed E-state index contributed by atoms with van der Waals surface area (Å²) in [6, 6.07) is 27.3. The van der Waals surface area contributed by atoms with Crippen molar-refractivity contribution >= 4 is 0 Å². The summed E-state index contributed by atoms with van der Waals surface area (Å²) in [7, 11) is 3.36. The van der Waals surface area contributed by atoms with Crippen LogP contribution in [0.5, 0.6) is 0 Å². The van der Waals surface area contributed by atoms with Gasteiger partial charge in [-0.1, -0.05) is 82.9 Å². The minimum Gasteiger partial charge on any atom is -0.382 e. The van der Waals surface area contributed by atoms with Gasteiger partial charge in [-0.2, -0.15) is 0 Å². The van der Waals surface area contributed by atoms with Crippen LogP contribution in [0.15, 0.2) is 72.8 Å². The van der Waals surface area contributed by atoms with E-state index in [-0.39, 0.29) is 0 Å². The fourth-order valence-corrected chi connectivity index (χ4v) is 6.71. The summed E-state index contributed by atoms with van der Waals surface area (Å²) in [6.07, 6.45) is 0. The summed E-state index contributed by atoms with van der Waals surface area (Å²) >= 11 is 0. The zero-order valence-corrected chi connectivity index (χ0v) is 28.9. The molecule has 0 amide bonds. The molecule has 0 aromatic heterocycles. The van der Waals surface area contributed by atoms with Gasteiger partial charge in [-0.3, -0.25) is 0 Å². The number of benzene rings is 4. The Morgan fingerprint density at radius 2 is 0.766 bits per heavy atom. The summed E-state index contributed by atoms with van der Waals surface area (Å²) in [6.45, 7) is 13.7. The molecule has 0 N–H and O–H groups in total. The van der Waals surface area contributed by atoms with Crippen molar-refractivity contribution in [2.45, 2.75) is 33.1 Å². The van der Waals surface area contributed by atoms with Crippen molar-refractivity contribution in [3.05, 3.63) is 106 Å². The summed E-state index contributed by atoms with van der Waals surface area (Å²) in [5, 5.41) is 0. The molecule has 4 aromatic carbocycles. The lowest BCUT2D eigenvalue weighted by molar-refractivity contribution is -0.0144. The second-order valence-electron chi connectivity index (χ2n) is 12.7. The summed E-state index contributed by atoms with van der Waals surface area (Å²) in [4.78, 5) is 0. The fraction of sp³-hybridized carbons (Fsp3) is 0.415. The maximum atomic E-state index is 6.50. The van der Waals surface area contributed by atoms with Gasteiger partial charge in [-0.05, 0) is 84.3 Å². The molecule has 0 spiro atoms. The SMILES string of the molecule is COCCOCCOCC1(COCCOCCOC)c2cc(-c3cc(C)cc(C)c3)ccc2-c2ccc(-c3cc(C)cc(C)c3)cc21. The predicted octanol–water partition coefficient (Wildman–Crippen LogP) is 7.88. The van der Waals surface area contributed by atoms with Crippen LogP contribution in [0.2, 0.25) is 0 Å². The first-order chi connectivity index (χ1) is 22.8. The van der Waals surface area contributed by atoms with Crippen LogP contribution < -0.4 is 0 Å². The minimum absolute atomic E-state index is 0.456. The van der Waals surface area contributed by atoms with Gasteiger partial charge in [-0.25, -0.2) is 0 Å². The van der Waals surface area contributed by atoms with E-state index in [2.05, 4.69) is 100 Å². The van der Waals surface area contributed by atoms with E-state index in [0.717, 1.165) is 0 Å². The minimum atomic E-state index is -0.534. The first kappa shape index (κ1) is 35.0. The van der Waals surface area contributed by atoms with Gasteiger partial charge < -0.3 is 28.4 Å². The molecule has 0 bridgehead atoms. The summed E-state index contributed by atoms with van der Waals surface area (Å²) < 4.78 is 34.8. The standard InChI is InChI=1S/C41H50O6/c1-29-19-30(2)22-35(21-29)33-7-9-37-38-10-8-34(36-23-31(3)20-32(4)24-36)26-40(38)41(39(37)25-33,27-46-17-15-44-13-11-42-5)28-47-18-16-45-14-12-43-6/h7-10,19-26H,11-18,27-28H2,1-6H3. The van der Waals surface area contributed by atoms with Gasteiger partial charge in [0.2, 0.25) is 0 Å². The molecular weight excluding hydrogens is 588 g/mol. The monoisotopic (exact) mass is 638 g/mol. The van der Waals surface area contributed by atoms with E-state index >= 15 is 0 Å². The third-order valence-electron chi connectivity index (χ3n) is 8.78. The van der Waals surface area contributed by atoms with Crippen LogP contribution in [-0.4, -0.2) is 80.3 Å². The molecule has 0 fully saturated rings. The third-order valence-corrected chi connectivity index (χ3v) is 8.78. The van der Waals surface area contributed by atoms with Crippen LogP contribution >= 0.6 is 0 Å². The van der Waals surface area contributed by atoms with Crippen molar-refractivity contribution < 1.29 is 28.4 Å². The fourth-order valence-electron chi connectivity index (χ4n) is 6.71. The number of hydrogen-bond donors (Lipinski definition) is 0. The van der Waals surface area contributed by atoms with Gasteiger partial charge in [0.05, 0.1) is 71.5 Å². The molecule has 4 aromatic rings. The summed E-state index contributed by atoms with van der Waals surface area (Å²) in [5.74, 6) is 0. The Morgan fingerprint density at radius 3 is 1.15 bits per heavy atom. The van der Waals surface area contributed by atoms with Gasteiger partial charge >= 0.3 is 0 Å². The molecule has 6 nitrogen and oxygen atoms in total. The van der Waals surface area contributed by atoms with E-state index in [4.69, 9.17) is 28.4 Å². The van der Waals surface area contributed by atoms with Crippen molar-refractivity contribution in [2.75, 3.05) is 80.3 Å². The number of ether oxygens (including phenoxy) is 6. The molecule has 0 saturated heterocycles. The molecule has 0 unspecified atom stereocenters. The van der Waals surface area contributed by atoms with Gasteiger partial charge in [0, 0.05) is 14.2 Å². The van der Waals surface area contributed by atoms with Crippen LogP contribution in [0.3, 0.4) is 0 Å². The lowest BCUT2D eigenvalue weighted by atomic mass is 9.78. The molecule has 0 heterocycles. The molecule has 47 heavy (non-hydrogen) atoms. The number of rotatable bonds is 18. The van der Waals surface area contributed by atoms with Gasteiger partial charge in [0.15, 0.2) is 0 Å². The van der Waals surface area contributed by atoms with E-state index in [1.165, 1.54) is 66.8 Å². The van der Waals surface area contributed by atoms with E-state index in [0.29, 0.717) is 66.1 Å². The van der Waals surface area contributed by atoms with Crippen LogP contribution in [0, 0.1) is 27.7 Å². The Morgan fingerprint density at radius 1 is 0.404 bits per heavy atom. The van der Waals surface area contributed by atoms with Crippen molar-refractivity contribution in [1.29, 1.82) is 0 Å². The van der Waals surface area contributed by atoms with E-state index < -0.39 is 5.41 Å². The lowest BCUT2D eigenvalue weighted by Crippen LogP contribution is -2.37. The second kappa shape index (κ2) is 16.6. The van der Waals surface area contributed by atoms with Crippen molar-refractivity contribution in [1.82, 2.24) is 0 Å². The predicted molar refractivity (Wildman–Crippen MR) is 190 cm³/mol. The molecular formula is C41H50O6. The van der Waals surface area contributed by atoms with Crippen LogP contribution in [0.25, 0.3) is 33.4 Å². The normalized spacial score (nSPS) is 13.1. The molecule has 1 aliphatic carbocycles. The Balaban J connectivity index is 1.56. The smallest absolute Gasteiger partial charge is 0.0701 e. The Labute approximate surface area is 280 Å². The van der Waals surface area contributed by atoms with Gasteiger partial charge in [0.25, 0.3) is 0 Å². The highest BCUT2D eigenvalue weighted by molar-refractivity contribution is 5.86. The molecule has 1 aliphatic rings. The Bertz CT molecular complexity index is 1470. The van der Waals surface area contributed by atoms with Crippen LogP contribution in [0.1, 0.15) is 33.4 Å². The highest BCUT2D eigenvalue weighted by atomic mass is 16.5. The number of methoxy groups -OCH3 is 2. The van der Waals surface area contributed by atoms with Crippen molar-refractivity contribution in [3.8, 4) is 33.4 Å². The van der Waals surface area contributed by atoms with Gasteiger partial charge in [0.1, 0.15) is 0 Å². The average molecular weight is 639 g/mol. The maximum absolute atomic E-state index is 6.50. The topological polar surface area (TPSA) is 55.4 Å². The Hall–Kier alpha value is -3.36. The van der Waals surface area contributed by atoms with E-state index in [1.807, 2.05) is 0 Å². The second-order valence-corrected chi connectivity index (χ2v) is 12.7. The molecule has 250 valence electrons. The number of fused-ring (bicyclic) bond motifs is 3. The molecule has 0 saturated carbocycles. The molecule has 0 aliphatic heterocycles. The van der Waals surface area contributed by atoms with Crippen LogP contribution in [-0.2, 0) is 33.8 Å². The van der Waals surface area contributed by atoms with Crippen molar-refractivity contribution in [3.63, 3.8) is 0 Å². The molecule has 5 rings (SSSR count). The third kappa shape index (κ3) is 8.57. The number of aryl methyl sites for hydroxylation is 4. The first-order valence-corrected chi connectivity index (χ1v) is 16.6. The van der Waals surface area contributed by atoms with E-state index in [1.54, 1.807) is 14.2 Å². The molecule has 0 atom stereocenters. The quantitative estimate of drug-likeness (QED) is 0.103. The van der Waals surface area contributed by atoms with Gasteiger partial charge in [-0.15, -0.1) is 0 Å². The first-order valence-electron chi connectivity index (χ1n) is 16.6. The highest BCUT2D eigenvalue weighted by Crippen LogP contribution is 2.51. The molecule has 0 radical (unpaired) electrons.